The summed E-state index contributed by atoms with van der Waals surface area (Å²) in [6.45, 7) is 2.58. The molecule has 5 heteroatoms. The van der Waals surface area contributed by atoms with E-state index in [-0.39, 0.29) is 18.4 Å². The first-order valence-electron chi connectivity index (χ1n) is 5.45. The van der Waals surface area contributed by atoms with E-state index in [1.165, 1.54) is 0 Å². The van der Waals surface area contributed by atoms with Crippen LogP contribution in [-0.2, 0) is 9.59 Å². The molecular formula is C12H13BrN2O2. The van der Waals surface area contributed by atoms with Crippen molar-refractivity contribution in [2.24, 2.45) is 0 Å². The number of likely N-dealkylation sites (N-methyl/N-ethyl adjacent to an activating group) is 1. The molecule has 1 fully saturated rings. The Bertz CT molecular complexity index is 444. The highest BCUT2D eigenvalue weighted by molar-refractivity contribution is 9.10. The molecule has 2 amide bonds. The number of nitrogens with one attached hydrogen (secondary N) is 1. The van der Waals surface area contributed by atoms with Crippen LogP contribution >= 0.6 is 15.9 Å². The lowest BCUT2D eigenvalue weighted by Gasteiger charge is -2.31. The summed E-state index contributed by atoms with van der Waals surface area (Å²) in [5.74, 6) is -0.159. The van der Waals surface area contributed by atoms with Gasteiger partial charge in [0.2, 0.25) is 11.8 Å². The van der Waals surface area contributed by atoms with Crippen LogP contribution < -0.4 is 5.32 Å². The molecule has 1 aromatic carbocycles. The Morgan fingerprint density at radius 2 is 2.00 bits per heavy atom. The molecule has 0 bridgehead atoms. The first-order chi connectivity index (χ1) is 8.11. The van der Waals surface area contributed by atoms with Gasteiger partial charge in [-0.25, -0.2) is 0 Å². The summed E-state index contributed by atoms with van der Waals surface area (Å²) in [4.78, 5) is 25.2. The van der Waals surface area contributed by atoms with Crippen molar-refractivity contribution < 1.29 is 9.59 Å². The van der Waals surface area contributed by atoms with Crippen molar-refractivity contribution in [1.29, 1.82) is 0 Å². The van der Waals surface area contributed by atoms with E-state index in [4.69, 9.17) is 0 Å². The quantitative estimate of drug-likeness (QED) is 0.898. The van der Waals surface area contributed by atoms with Gasteiger partial charge in [0.25, 0.3) is 0 Å². The van der Waals surface area contributed by atoms with Crippen molar-refractivity contribution in [2.45, 2.75) is 13.0 Å². The zero-order valence-corrected chi connectivity index (χ0v) is 11.0. The van der Waals surface area contributed by atoms with Crippen LogP contribution in [0.2, 0.25) is 0 Å². The molecule has 90 valence electrons. The first-order valence-corrected chi connectivity index (χ1v) is 6.24. The van der Waals surface area contributed by atoms with Crippen LogP contribution in [0.15, 0.2) is 28.7 Å². The van der Waals surface area contributed by atoms with Gasteiger partial charge in [0.1, 0.15) is 6.04 Å². The number of carbonyl (C=O) groups excluding carboxylic acids is 2. The highest BCUT2D eigenvalue weighted by Crippen LogP contribution is 2.21. The van der Waals surface area contributed by atoms with Crippen LogP contribution in [0, 0.1) is 0 Å². The molecule has 1 aliphatic rings. The SMILES string of the molecule is CCN1CC(=O)N[C@@H](c2ccc(Br)cc2)C1=O. The number of amides is 2. The van der Waals surface area contributed by atoms with E-state index in [1.54, 1.807) is 4.90 Å². The molecule has 1 atom stereocenters. The van der Waals surface area contributed by atoms with Gasteiger partial charge in [-0.2, -0.15) is 0 Å². The zero-order chi connectivity index (χ0) is 12.4. The maximum absolute atomic E-state index is 12.1. The highest BCUT2D eigenvalue weighted by atomic mass is 79.9. The fourth-order valence-corrected chi connectivity index (χ4v) is 2.12. The van der Waals surface area contributed by atoms with Crippen molar-refractivity contribution in [3.05, 3.63) is 34.3 Å². The smallest absolute Gasteiger partial charge is 0.250 e. The van der Waals surface area contributed by atoms with Gasteiger partial charge in [0.15, 0.2) is 0 Å². The van der Waals surface area contributed by atoms with Crippen LogP contribution in [0.4, 0.5) is 0 Å². The van der Waals surface area contributed by atoms with Crippen LogP contribution in [0.5, 0.6) is 0 Å². The lowest BCUT2D eigenvalue weighted by molar-refractivity contribution is -0.144. The zero-order valence-electron chi connectivity index (χ0n) is 9.44. The minimum absolute atomic E-state index is 0.0468. The second kappa shape index (κ2) is 4.87. The molecule has 2 rings (SSSR count). The van der Waals surface area contributed by atoms with Crippen molar-refractivity contribution in [3.63, 3.8) is 0 Å². The van der Waals surface area contributed by atoms with Gasteiger partial charge in [0.05, 0.1) is 6.54 Å². The van der Waals surface area contributed by atoms with Crippen LogP contribution in [0.25, 0.3) is 0 Å². The number of halogens is 1. The molecule has 1 aromatic rings. The average molecular weight is 297 g/mol. The van der Waals surface area contributed by atoms with Crippen molar-refractivity contribution in [3.8, 4) is 0 Å². The van der Waals surface area contributed by atoms with E-state index in [2.05, 4.69) is 21.2 Å². The van der Waals surface area contributed by atoms with Gasteiger partial charge in [0, 0.05) is 11.0 Å². The number of carbonyl (C=O) groups is 2. The number of piperazine rings is 1. The highest BCUT2D eigenvalue weighted by Gasteiger charge is 2.32. The average Bonchev–Trinajstić information content (AvgIpc) is 2.33. The van der Waals surface area contributed by atoms with Gasteiger partial charge >= 0.3 is 0 Å². The fourth-order valence-electron chi connectivity index (χ4n) is 1.85. The maximum atomic E-state index is 12.1. The third-order valence-electron chi connectivity index (χ3n) is 2.78. The predicted octanol–water partition coefficient (Wildman–Crippen LogP) is 1.47. The normalized spacial score (nSPS) is 20.4. The Morgan fingerprint density at radius 3 is 2.59 bits per heavy atom. The number of benzene rings is 1. The molecule has 0 unspecified atom stereocenters. The molecule has 0 saturated carbocycles. The Balaban J connectivity index is 2.27. The number of hydrogen-bond acceptors (Lipinski definition) is 2. The van der Waals surface area contributed by atoms with E-state index < -0.39 is 6.04 Å². The van der Waals surface area contributed by atoms with Crippen molar-refractivity contribution >= 4 is 27.7 Å². The molecule has 1 aliphatic heterocycles. The maximum Gasteiger partial charge on any atom is 0.250 e. The summed E-state index contributed by atoms with van der Waals surface area (Å²) in [5.41, 5.74) is 0.810. The lowest BCUT2D eigenvalue weighted by Crippen LogP contribution is -2.53. The summed E-state index contributed by atoms with van der Waals surface area (Å²) in [7, 11) is 0. The fraction of sp³-hybridized carbons (Fsp3) is 0.333. The van der Waals surface area contributed by atoms with E-state index in [1.807, 2.05) is 31.2 Å². The van der Waals surface area contributed by atoms with E-state index in [9.17, 15) is 9.59 Å². The number of nitrogens with zero attached hydrogens (tertiary/aromatic N) is 1. The first kappa shape index (κ1) is 12.1. The summed E-state index contributed by atoms with van der Waals surface area (Å²) < 4.78 is 0.947. The predicted molar refractivity (Wildman–Crippen MR) is 67.3 cm³/mol. The third kappa shape index (κ3) is 2.49. The summed E-state index contributed by atoms with van der Waals surface area (Å²) in [5, 5.41) is 2.72. The summed E-state index contributed by atoms with van der Waals surface area (Å²) in [6.07, 6.45) is 0. The minimum atomic E-state index is -0.552. The molecule has 17 heavy (non-hydrogen) atoms. The standard InChI is InChI=1S/C12H13BrN2O2/c1-2-15-7-10(16)14-11(12(15)17)8-3-5-9(13)6-4-8/h3-6,11H,2,7H2,1H3,(H,14,16)/t11-/m0/s1. The molecule has 4 nitrogen and oxygen atoms in total. The van der Waals surface area contributed by atoms with Crippen LogP contribution in [-0.4, -0.2) is 29.8 Å². The van der Waals surface area contributed by atoms with Crippen molar-refractivity contribution in [1.82, 2.24) is 10.2 Å². The summed E-state index contributed by atoms with van der Waals surface area (Å²) >= 11 is 3.34. The largest absolute Gasteiger partial charge is 0.339 e. The molecule has 1 saturated heterocycles. The Labute approximate surface area is 108 Å². The Morgan fingerprint density at radius 1 is 1.35 bits per heavy atom. The molecule has 1 heterocycles. The van der Waals surface area contributed by atoms with Gasteiger partial charge in [-0.05, 0) is 24.6 Å². The second-order valence-corrected chi connectivity index (χ2v) is 4.82. The molecule has 0 aromatic heterocycles. The van der Waals surface area contributed by atoms with E-state index in [0.717, 1.165) is 10.0 Å². The molecular weight excluding hydrogens is 284 g/mol. The van der Waals surface area contributed by atoms with Crippen molar-refractivity contribution in [2.75, 3.05) is 13.1 Å². The molecule has 1 N–H and O–H groups in total. The van der Waals surface area contributed by atoms with Gasteiger partial charge in [-0.15, -0.1) is 0 Å². The van der Waals surface area contributed by atoms with Gasteiger partial charge in [-0.3, -0.25) is 9.59 Å². The molecule has 0 spiro atoms. The minimum Gasteiger partial charge on any atom is -0.339 e. The number of hydrogen-bond donors (Lipinski definition) is 1. The molecule has 0 aliphatic carbocycles. The second-order valence-electron chi connectivity index (χ2n) is 3.90. The monoisotopic (exact) mass is 296 g/mol. The van der Waals surface area contributed by atoms with Gasteiger partial charge in [-0.1, -0.05) is 28.1 Å². The Kier molecular flexibility index (Phi) is 3.47. The molecule has 0 radical (unpaired) electrons. The van der Waals surface area contributed by atoms with Gasteiger partial charge < -0.3 is 10.2 Å². The Hall–Kier alpha value is -1.36. The lowest BCUT2D eigenvalue weighted by atomic mass is 10.0. The third-order valence-corrected chi connectivity index (χ3v) is 3.31. The summed E-state index contributed by atoms with van der Waals surface area (Å²) in [6, 6.07) is 6.85. The topological polar surface area (TPSA) is 49.4 Å². The van der Waals surface area contributed by atoms with Crippen LogP contribution in [0.3, 0.4) is 0 Å². The number of rotatable bonds is 2. The van der Waals surface area contributed by atoms with E-state index in [0.29, 0.717) is 6.54 Å². The van der Waals surface area contributed by atoms with Crippen LogP contribution in [0.1, 0.15) is 18.5 Å². The van der Waals surface area contributed by atoms with E-state index >= 15 is 0 Å².